The molecule has 5 heteroatoms. The third-order valence-electron chi connectivity index (χ3n) is 4.97. The first-order valence-corrected chi connectivity index (χ1v) is 8.91. The maximum Gasteiger partial charge on any atom is 0.312 e. The maximum absolute atomic E-state index is 12.4. The van der Waals surface area contributed by atoms with E-state index < -0.39 is 11.8 Å². The highest BCUT2D eigenvalue weighted by atomic mass is 16.2. The number of hydrogen-bond acceptors (Lipinski definition) is 2. The Hall–Kier alpha value is -3.08. The third-order valence-corrected chi connectivity index (χ3v) is 4.97. The van der Waals surface area contributed by atoms with Crippen LogP contribution >= 0.6 is 0 Å². The van der Waals surface area contributed by atoms with Crippen molar-refractivity contribution in [1.82, 2.24) is 15.2 Å². The summed E-state index contributed by atoms with van der Waals surface area (Å²) in [5.74, 6) is -0.970. The van der Waals surface area contributed by atoms with E-state index in [0.717, 1.165) is 28.5 Å². The van der Waals surface area contributed by atoms with E-state index in [-0.39, 0.29) is 0 Å². The predicted octanol–water partition coefficient (Wildman–Crippen LogP) is 2.41. The van der Waals surface area contributed by atoms with Crippen LogP contribution in [0.25, 0.3) is 10.9 Å². The molecule has 5 nitrogen and oxygen atoms in total. The van der Waals surface area contributed by atoms with Gasteiger partial charge in [-0.1, -0.05) is 42.5 Å². The number of benzene rings is 2. The van der Waals surface area contributed by atoms with Gasteiger partial charge in [0.1, 0.15) is 0 Å². The summed E-state index contributed by atoms with van der Waals surface area (Å²) in [6.45, 7) is 1.54. The Kier molecular flexibility index (Phi) is 4.44. The number of H-pyrrole nitrogens is 1. The van der Waals surface area contributed by atoms with E-state index in [1.807, 2.05) is 42.6 Å². The standard InChI is InChI=1S/C21H21N3O2/c25-20(21(26)24-12-10-15-5-1-2-6-17(15)14-24)22-11-9-16-13-23-19-8-4-3-7-18(16)19/h1-8,13,23H,9-12,14H2,(H,22,25). The van der Waals surface area contributed by atoms with Crippen LogP contribution in [-0.4, -0.2) is 34.8 Å². The van der Waals surface area contributed by atoms with E-state index in [4.69, 9.17) is 0 Å². The van der Waals surface area contributed by atoms with Crippen LogP contribution in [0.2, 0.25) is 0 Å². The van der Waals surface area contributed by atoms with Crippen LogP contribution in [0.3, 0.4) is 0 Å². The molecule has 2 aromatic carbocycles. The fourth-order valence-electron chi connectivity index (χ4n) is 3.54. The molecule has 1 aliphatic heterocycles. The summed E-state index contributed by atoms with van der Waals surface area (Å²) < 4.78 is 0. The lowest BCUT2D eigenvalue weighted by molar-refractivity contribution is -0.146. The summed E-state index contributed by atoms with van der Waals surface area (Å²) >= 11 is 0. The molecule has 4 rings (SSSR count). The number of amides is 2. The van der Waals surface area contributed by atoms with E-state index in [1.165, 1.54) is 5.56 Å². The Morgan fingerprint density at radius 1 is 1.04 bits per heavy atom. The average Bonchev–Trinajstić information content (AvgIpc) is 3.10. The second-order valence-corrected chi connectivity index (χ2v) is 6.61. The van der Waals surface area contributed by atoms with Gasteiger partial charge in [0.15, 0.2) is 0 Å². The minimum atomic E-state index is -0.524. The van der Waals surface area contributed by atoms with Crippen molar-refractivity contribution in [3.63, 3.8) is 0 Å². The van der Waals surface area contributed by atoms with Gasteiger partial charge in [-0.15, -0.1) is 0 Å². The molecule has 0 aliphatic carbocycles. The molecule has 0 saturated carbocycles. The van der Waals surface area contributed by atoms with Gasteiger partial charge < -0.3 is 15.2 Å². The Labute approximate surface area is 152 Å². The summed E-state index contributed by atoms with van der Waals surface area (Å²) in [6.07, 6.45) is 3.44. The number of aromatic nitrogens is 1. The zero-order valence-corrected chi connectivity index (χ0v) is 14.5. The lowest BCUT2D eigenvalue weighted by Crippen LogP contribution is -2.45. The van der Waals surface area contributed by atoms with Crippen LogP contribution in [0.1, 0.15) is 16.7 Å². The van der Waals surface area contributed by atoms with Crippen LogP contribution in [0.5, 0.6) is 0 Å². The van der Waals surface area contributed by atoms with Crippen molar-refractivity contribution in [2.75, 3.05) is 13.1 Å². The van der Waals surface area contributed by atoms with Crippen molar-refractivity contribution < 1.29 is 9.59 Å². The van der Waals surface area contributed by atoms with Crippen molar-refractivity contribution in [2.24, 2.45) is 0 Å². The molecular formula is C21H21N3O2. The van der Waals surface area contributed by atoms with Gasteiger partial charge in [0.2, 0.25) is 0 Å². The summed E-state index contributed by atoms with van der Waals surface area (Å²) in [5, 5.41) is 3.92. The Morgan fingerprint density at radius 3 is 2.69 bits per heavy atom. The first-order valence-electron chi connectivity index (χ1n) is 8.91. The largest absolute Gasteiger partial charge is 0.361 e. The summed E-state index contributed by atoms with van der Waals surface area (Å²) in [5.41, 5.74) is 4.60. The summed E-state index contributed by atoms with van der Waals surface area (Å²) in [6, 6.07) is 16.1. The molecule has 0 spiro atoms. The second-order valence-electron chi connectivity index (χ2n) is 6.61. The summed E-state index contributed by atoms with van der Waals surface area (Å²) in [7, 11) is 0. The summed E-state index contributed by atoms with van der Waals surface area (Å²) in [4.78, 5) is 29.5. The number of fused-ring (bicyclic) bond motifs is 2. The number of nitrogens with one attached hydrogen (secondary N) is 2. The molecule has 2 N–H and O–H groups in total. The van der Waals surface area contributed by atoms with Crippen molar-refractivity contribution in [3.8, 4) is 0 Å². The minimum Gasteiger partial charge on any atom is -0.361 e. The number of carbonyl (C=O) groups excluding carboxylic acids is 2. The Balaban J connectivity index is 1.33. The molecule has 0 saturated heterocycles. The normalized spacial score (nSPS) is 13.5. The highest BCUT2D eigenvalue weighted by molar-refractivity contribution is 6.35. The van der Waals surface area contributed by atoms with Crippen LogP contribution in [0.15, 0.2) is 54.7 Å². The van der Waals surface area contributed by atoms with Crippen molar-refractivity contribution in [1.29, 1.82) is 0 Å². The molecule has 0 fully saturated rings. The minimum absolute atomic E-state index is 0.441. The SMILES string of the molecule is O=C(NCCc1c[nH]c2ccccc12)C(=O)N1CCc2ccccc2C1. The lowest BCUT2D eigenvalue weighted by Gasteiger charge is -2.28. The Morgan fingerprint density at radius 2 is 1.81 bits per heavy atom. The number of rotatable bonds is 3. The van der Waals surface area contributed by atoms with E-state index in [0.29, 0.717) is 26.1 Å². The number of para-hydroxylation sites is 1. The van der Waals surface area contributed by atoms with E-state index in [1.54, 1.807) is 4.90 Å². The van der Waals surface area contributed by atoms with Gasteiger partial charge in [0.05, 0.1) is 0 Å². The number of nitrogens with zero attached hydrogens (tertiary/aromatic N) is 1. The van der Waals surface area contributed by atoms with Gasteiger partial charge in [0, 0.05) is 36.7 Å². The average molecular weight is 347 g/mol. The molecule has 3 aromatic rings. The van der Waals surface area contributed by atoms with Gasteiger partial charge >= 0.3 is 11.8 Å². The highest BCUT2D eigenvalue weighted by Crippen LogP contribution is 2.19. The molecular weight excluding hydrogens is 326 g/mol. The van der Waals surface area contributed by atoms with E-state index in [9.17, 15) is 9.59 Å². The fourth-order valence-corrected chi connectivity index (χ4v) is 3.54. The molecule has 132 valence electrons. The van der Waals surface area contributed by atoms with E-state index in [2.05, 4.69) is 22.4 Å². The number of aromatic amines is 1. The monoisotopic (exact) mass is 347 g/mol. The lowest BCUT2D eigenvalue weighted by atomic mass is 10.00. The van der Waals surface area contributed by atoms with Gasteiger partial charge in [-0.25, -0.2) is 0 Å². The molecule has 0 atom stereocenters. The van der Waals surface area contributed by atoms with Gasteiger partial charge in [0.25, 0.3) is 0 Å². The van der Waals surface area contributed by atoms with Crippen LogP contribution < -0.4 is 5.32 Å². The van der Waals surface area contributed by atoms with Gasteiger partial charge in [-0.2, -0.15) is 0 Å². The third kappa shape index (κ3) is 3.20. The molecule has 2 amide bonds. The molecule has 26 heavy (non-hydrogen) atoms. The quantitative estimate of drug-likeness (QED) is 0.715. The van der Waals surface area contributed by atoms with E-state index >= 15 is 0 Å². The topological polar surface area (TPSA) is 65.2 Å². The highest BCUT2D eigenvalue weighted by Gasteiger charge is 2.25. The number of hydrogen-bond donors (Lipinski definition) is 2. The smallest absolute Gasteiger partial charge is 0.312 e. The van der Waals surface area contributed by atoms with Crippen molar-refractivity contribution >= 4 is 22.7 Å². The van der Waals surface area contributed by atoms with Gasteiger partial charge in [-0.05, 0) is 35.6 Å². The van der Waals surface area contributed by atoms with Crippen molar-refractivity contribution in [3.05, 3.63) is 71.4 Å². The predicted molar refractivity (Wildman–Crippen MR) is 101 cm³/mol. The first kappa shape index (κ1) is 16.4. The van der Waals surface area contributed by atoms with Crippen LogP contribution in [0.4, 0.5) is 0 Å². The zero-order valence-electron chi connectivity index (χ0n) is 14.5. The first-order chi connectivity index (χ1) is 12.7. The van der Waals surface area contributed by atoms with Crippen LogP contribution in [0, 0.1) is 0 Å². The molecule has 0 unspecified atom stereocenters. The Bertz CT molecular complexity index is 961. The molecule has 0 radical (unpaired) electrons. The zero-order chi connectivity index (χ0) is 17.9. The maximum atomic E-state index is 12.4. The number of carbonyl (C=O) groups is 2. The molecule has 1 aliphatic rings. The fraction of sp³-hybridized carbons (Fsp3) is 0.238. The van der Waals surface area contributed by atoms with Crippen molar-refractivity contribution in [2.45, 2.75) is 19.4 Å². The van der Waals surface area contributed by atoms with Gasteiger partial charge in [-0.3, -0.25) is 9.59 Å². The second kappa shape index (κ2) is 7.04. The van der Waals surface area contributed by atoms with Crippen LogP contribution in [-0.2, 0) is 29.0 Å². The molecule has 1 aromatic heterocycles. The molecule has 2 heterocycles. The molecule has 0 bridgehead atoms.